The Bertz CT molecular complexity index is 1430. The third-order valence-electron chi connectivity index (χ3n) is 8.35. The molecule has 2 aliphatic rings. The Labute approximate surface area is 242 Å². The number of hydrogen-bond acceptors (Lipinski definition) is 8. The maximum atomic E-state index is 12.8. The summed E-state index contributed by atoms with van der Waals surface area (Å²) in [5.74, 6) is 2.41. The first-order valence-corrected chi connectivity index (χ1v) is 16.9. The molecule has 1 atom stereocenters. The molecule has 1 amide bonds. The van der Waals surface area contributed by atoms with Crippen molar-refractivity contribution in [3.8, 4) is 11.6 Å². The number of nitrogens with one attached hydrogen (secondary N) is 2. The van der Waals surface area contributed by atoms with Crippen LogP contribution in [0.15, 0.2) is 42.7 Å². The molecule has 1 aromatic carbocycles. The van der Waals surface area contributed by atoms with E-state index in [4.69, 9.17) is 9.72 Å². The van der Waals surface area contributed by atoms with Gasteiger partial charge in [-0.05, 0) is 82.3 Å². The normalized spacial score (nSPS) is 21.7. The van der Waals surface area contributed by atoms with Gasteiger partial charge in [0.2, 0.25) is 11.9 Å². The largest absolute Gasteiger partial charge is 0.493 e. The Hall–Kier alpha value is -3.18. The Kier molecular flexibility index (Phi) is 9.44. The molecule has 0 bridgehead atoms. The van der Waals surface area contributed by atoms with Gasteiger partial charge in [-0.25, -0.2) is 13.4 Å². The third-order valence-corrected chi connectivity index (χ3v) is 9.38. The van der Waals surface area contributed by atoms with Crippen LogP contribution in [0.3, 0.4) is 0 Å². The van der Waals surface area contributed by atoms with E-state index in [-0.39, 0.29) is 23.6 Å². The Morgan fingerprint density at radius 2 is 1.95 bits per heavy atom. The van der Waals surface area contributed by atoms with Gasteiger partial charge in [-0.1, -0.05) is 13.0 Å². The molecule has 1 saturated carbocycles. The van der Waals surface area contributed by atoms with Gasteiger partial charge in [0.1, 0.15) is 21.4 Å². The molecule has 2 N–H and O–H groups in total. The summed E-state index contributed by atoms with van der Waals surface area (Å²) >= 11 is 0. The summed E-state index contributed by atoms with van der Waals surface area (Å²) in [4.78, 5) is 24.5. The summed E-state index contributed by atoms with van der Waals surface area (Å²) in [5.41, 5.74) is 0.946. The highest BCUT2D eigenvalue weighted by molar-refractivity contribution is 7.90. The first-order valence-electron chi connectivity index (χ1n) is 14.8. The van der Waals surface area contributed by atoms with Crippen LogP contribution < -0.4 is 15.4 Å². The van der Waals surface area contributed by atoms with E-state index in [0.717, 1.165) is 62.0 Å². The number of rotatable bonds is 12. The number of anilines is 1. The molecule has 0 radical (unpaired) electrons. The average molecular weight is 583 g/mol. The molecule has 2 aromatic heterocycles. The number of amides is 1. The summed E-state index contributed by atoms with van der Waals surface area (Å²) in [6.07, 6.45) is 11.3. The van der Waals surface area contributed by atoms with E-state index in [1.165, 1.54) is 19.1 Å². The molecule has 3 heterocycles. The van der Waals surface area contributed by atoms with Gasteiger partial charge < -0.3 is 19.9 Å². The minimum Gasteiger partial charge on any atom is -0.493 e. The fourth-order valence-corrected chi connectivity index (χ4v) is 6.75. The van der Waals surface area contributed by atoms with Crippen molar-refractivity contribution in [1.82, 2.24) is 24.8 Å². The topological polar surface area (TPSA) is 118 Å². The minimum atomic E-state index is -3.01. The van der Waals surface area contributed by atoms with Crippen LogP contribution in [0.2, 0.25) is 0 Å². The van der Waals surface area contributed by atoms with Gasteiger partial charge in [0.25, 0.3) is 0 Å². The molecule has 1 aliphatic heterocycles. The van der Waals surface area contributed by atoms with E-state index in [9.17, 15) is 13.2 Å². The monoisotopic (exact) mass is 582 g/mol. The molecule has 0 unspecified atom stereocenters. The number of fused-ring (bicyclic) bond motifs is 1. The van der Waals surface area contributed by atoms with Crippen molar-refractivity contribution >= 4 is 32.6 Å². The van der Waals surface area contributed by atoms with Crippen molar-refractivity contribution in [2.75, 3.05) is 43.6 Å². The van der Waals surface area contributed by atoms with Crippen LogP contribution in [-0.2, 0) is 14.6 Å². The molecule has 222 valence electrons. The summed E-state index contributed by atoms with van der Waals surface area (Å²) in [6, 6.07) is 10.4. The van der Waals surface area contributed by atoms with Gasteiger partial charge in [0, 0.05) is 48.6 Å². The summed E-state index contributed by atoms with van der Waals surface area (Å²) in [7, 11) is -3.01. The number of carbonyl (C=O) groups is 1. The average Bonchev–Trinajstić information content (AvgIpc) is 3.61. The Balaban J connectivity index is 1.15. The fraction of sp³-hybridized carbons (Fsp3) is 0.567. The van der Waals surface area contributed by atoms with E-state index in [0.29, 0.717) is 30.8 Å². The number of carbonyl (C=O) groups excluding carboxylic acids is 1. The van der Waals surface area contributed by atoms with E-state index in [1.54, 1.807) is 6.20 Å². The SMILES string of the molecule is CCN1CCC[C@@H]1CNC(=O)C1CCC(Nc2nccc(-n3ccc4c(OCCCS(C)(=O)=O)cccc43)n2)CC1. The lowest BCUT2D eigenvalue weighted by Gasteiger charge is -2.29. The quantitative estimate of drug-likeness (QED) is 0.310. The Morgan fingerprint density at radius 1 is 1.12 bits per heavy atom. The number of benzene rings is 1. The fourth-order valence-electron chi connectivity index (χ4n) is 6.11. The smallest absolute Gasteiger partial charge is 0.224 e. The summed E-state index contributed by atoms with van der Waals surface area (Å²) in [5, 5.41) is 7.65. The number of likely N-dealkylation sites (tertiary alicyclic amines) is 1. The lowest BCUT2D eigenvalue weighted by molar-refractivity contribution is -0.126. The molecule has 1 aliphatic carbocycles. The summed E-state index contributed by atoms with van der Waals surface area (Å²) < 4.78 is 30.7. The first-order chi connectivity index (χ1) is 19.8. The zero-order valence-electron chi connectivity index (χ0n) is 24.1. The molecular formula is C30H42N6O4S. The third kappa shape index (κ3) is 7.56. The number of likely N-dealkylation sites (N-methyl/N-ethyl adjacent to an activating group) is 1. The van der Waals surface area contributed by atoms with E-state index in [2.05, 4.69) is 27.4 Å². The molecule has 2 fully saturated rings. The van der Waals surface area contributed by atoms with E-state index >= 15 is 0 Å². The predicted molar refractivity (Wildman–Crippen MR) is 161 cm³/mol. The molecule has 10 nitrogen and oxygen atoms in total. The van der Waals surface area contributed by atoms with Crippen molar-refractivity contribution in [3.63, 3.8) is 0 Å². The second-order valence-electron chi connectivity index (χ2n) is 11.3. The highest BCUT2D eigenvalue weighted by Gasteiger charge is 2.28. The minimum absolute atomic E-state index is 0.0748. The second kappa shape index (κ2) is 13.2. The molecule has 0 spiro atoms. The zero-order chi connectivity index (χ0) is 28.8. The van der Waals surface area contributed by atoms with Crippen molar-refractivity contribution in [2.45, 2.75) is 64.0 Å². The molecular weight excluding hydrogens is 540 g/mol. The Morgan fingerprint density at radius 3 is 2.73 bits per heavy atom. The first kappa shape index (κ1) is 29.3. The lowest BCUT2D eigenvalue weighted by Crippen LogP contribution is -2.43. The maximum absolute atomic E-state index is 12.8. The van der Waals surface area contributed by atoms with Crippen LogP contribution in [0.1, 0.15) is 51.9 Å². The van der Waals surface area contributed by atoms with Crippen molar-refractivity contribution < 1.29 is 17.9 Å². The maximum Gasteiger partial charge on any atom is 0.224 e. The van der Waals surface area contributed by atoms with E-state index in [1.807, 2.05) is 41.1 Å². The second-order valence-corrected chi connectivity index (χ2v) is 13.6. The van der Waals surface area contributed by atoms with E-state index < -0.39 is 9.84 Å². The predicted octanol–water partition coefficient (Wildman–Crippen LogP) is 3.81. The van der Waals surface area contributed by atoms with Gasteiger partial charge >= 0.3 is 0 Å². The van der Waals surface area contributed by atoms with Crippen LogP contribution in [0.25, 0.3) is 16.7 Å². The van der Waals surface area contributed by atoms with Crippen LogP contribution >= 0.6 is 0 Å². The summed E-state index contributed by atoms with van der Waals surface area (Å²) in [6.45, 7) is 5.47. The molecule has 3 aromatic rings. The highest BCUT2D eigenvalue weighted by Crippen LogP contribution is 2.30. The van der Waals surface area contributed by atoms with Crippen molar-refractivity contribution in [1.29, 1.82) is 0 Å². The van der Waals surface area contributed by atoms with Gasteiger partial charge in [0.15, 0.2) is 0 Å². The van der Waals surface area contributed by atoms with Crippen molar-refractivity contribution in [2.24, 2.45) is 5.92 Å². The van der Waals surface area contributed by atoms with Gasteiger partial charge in [-0.15, -0.1) is 0 Å². The van der Waals surface area contributed by atoms with Crippen LogP contribution in [0, 0.1) is 5.92 Å². The van der Waals surface area contributed by atoms with Crippen LogP contribution in [0.5, 0.6) is 5.75 Å². The van der Waals surface area contributed by atoms with Gasteiger partial charge in [0.05, 0.1) is 17.9 Å². The molecule has 11 heteroatoms. The molecule has 1 saturated heterocycles. The van der Waals surface area contributed by atoms with Crippen LogP contribution in [0.4, 0.5) is 5.95 Å². The molecule has 41 heavy (non-hydrogen) atoms. The standard InChI is InChI=1S/C30H42N6O4S/c1-3-35-17-5-7-24(35)21-32-29(37)22-10-12-23(13-11-22)33-30-31-16-14-28(34-30)36-18-15-25-26(36)8-4-9-27(25)40-19-6-20-41(2,38)39/h4,8-9,14-16,18,22-24H,3,5-7,10-13,17,19-21H2,1-2H3,(H,32,37)(H,31,33,34)/t22?,23?,24-/m1/s1. The number of aromatic nitrogens is 3. The molecule has 5 rings (SSSR count). The number of nitrogens with zero attached hydrogens (tertiary/aromatic N) is 4. The number of sulfone groups is 1. The van der Waals surface area contributed by atoms with Crippen LogP contribution in [-0.4, -0.2) is 84.1 Å². The number of hydrogen-bond donors (Lipinski definition) is 2. The van der Waals surface area contributed by atoms with Gasteiger partial charge in [-0.3, -0.25) is 9.69 Å². The van der Waals surface area contributed by atoms with Gasteiger partial charge in [-0.2, -0.15) is 4.98 Å². The number of ether oxygens (including phenoxy) is 1. The lowest BCUT2D eigenvalue weighted by atomic mass is 9.85. The van der Waals surface area contributed by atoms with Crippen molar-refractivity contribution in [3.05, 3.63) is 42.7 Å². The highest BCUT2D eigenvalue weighted by atomic mass is 32.2. The zero-order valence-corrected chi connectivity index (χ0v) is 24.9.